The van der Waals surface area contributed by atoms with Crippen LogP contribution in [0.5, 0.6) is 0 Å². The minimum Gasteiger partial charge on any atom is -0.459 e. The molecule has 0 fully saturated rings. The van der Waals surface area contributed by atoms with E-state index in [1.807, 2.05) is 5.32 Å². The van der Waals surface area contributed by atoms with Crippen molar-refractivity contribution in [1.29, 1.82) is 0 Å². The van der Waals surface area contributed by atoms with Crippen molar-refractivity contribution in [2.45, 2.75) is 6.92 Å². The SMILES string of the molecule is CCOC(=O)C(=O)Nc1cc(F)c(Br)cc1F. The molecule has 0 radical (unpaired) electrons. The van der Waals surface area contributed by atoms with E-state index in [0.29, 0.717) is 0 Å². The number of esters is 1. The highest BCUT2D eigenvalue weighted by Gasteiger charge is 2.17. The summed E-state index contributed by atoms with van der Waals surface area (Å²) in [6.45, 7) is 1.54. The van der Waals surface area contributed by atoms with Gasteiger partial charge < -0.3 is 10.1 Å². The molecule has 7 heteroatoms. The first-order chi connectivity index (χ1) is 7.95. The Morgan fingerprint density at radius 3 is 2.59 bits per heavy atom. The molecule has 1 aromatic carbocycles. The molecule has 1 rings (SSSR count). The number of nitrogens with one attached hydrogen (secondary N) is 1. The highest BCUT2D eigenvalue weighted by atomic mass is 79.9. The predicted octanol–water partition coefficient (Wildman–Crippen LogP) is 2.23. The van der Waals surface area contributed by atoms with Crippen molar-refractivity contribution in [3.05, 3.63) is 28.2 Å². The third-order valence-corrected chi connectivity index (χ3v) is 2.33. The van der Waals surface area contributed by atoms with Gasteiger partial charge >= 0.3 is 11.9 Å². The van der Waals surface area contributed by atoms with E-state index in [2.05, 4.69) is 20.7 Å². The molecule has 1 amide bonds. The van der Waals surface area contributed by atoms with Crippen molar-refractivity contribution < 1.29 is 23.1 Å². The van der Waals surface area contributed by atoms with E-state index in [-0.39, 0.29) is 11.1 Å². The molecule has 1 aromatic rings. The number of hydrogen-bond acceptors (Lipinski definition) is 3. The maximum Gasteiger partial charge on any atom is 0.397 e. The summed E-state index contributed by atoms with van der Waals surface area (Å²) in [6, 6.07) is 1.60. The van der Waals surface area contributed by atoms with Crippen LogP contribution in [-0.2, 0) is 14.3 Å². The number of anilines is 1. The van der Waals surface area contributed by atoms with E-state index >= 15 is 0 Å². The zero-order valence-corrected chi connectivity index (χ0v) is 10.3. The summed E-state index contributed by atoms with van der Waals surface area (Å²) in [4.78, 5) is 22.1. The van der Waals surface area contributed by atoms with Gasteiger partial charge in [0, 0.05) is 6.07 Å². The summed E-state index contributed by atoms with van der Waals surface area (Å²) in [5.74, 6) is -3.94. The third kappa shape index (κ3) is 3.48. The molecule has 1 N–H and O–H groups in total. The Morgan fingerprint density at radius 1 is 1.35 bits per heavy atom. The van der Waals surface area contributed by atoms with Crippen molar-refractivity contribution in [3.63, 3.8) is 0 Å². The number of carbonyl (C=O) groups excluding carboxylic acids is 2. The van der Waals surface area contributed by atoms with Crippen LogP contribution in [0, 0.1) is 11.6 Å². The van der Waals surface area contributed by atoms with Crippen LogP contribution in [0.2, 0.25) is 0 Å². The molecule has 0 aliphatic carbocycles. The first-order valence-corrected chi connectivity index (χ1v) is 5.37. The Labute approximate surface area is 104 Å². The van der Waals surface area contributed by atoms with Crippen LogP contribution in [-0.4, -0.2) is 18.5 Å². The Bertz CT molecular complexity index is 465. The third-order valence-electron chi connectivity index (χ3n) is 1.72. The summed E-state index contributed by atoms with van der Waals surface area (Å²) in [5.41, 5.74) is -0.427. The standard InChI is InChI=1S/C10H8BrF2NO3/c1-2-17-10(16)9(15)14-8-4-6(12)5(11)3-7(8)13/h3-4H,2H2,1H3,(H,14,15). The normalized spacial score (nSPS) is 9.88. The number of ether oxygens (including phenoxy) is 1. The number of hydrogen-bond donors (Lipinski definition) is 1. The van der Waals surface area contributed by atoms with Crippen LogP contribution in [0.1, 0.15) is 6.92 Å². The van der Waals surface area contributed by atoms with Crippen molar-refractivity contribution >= 4 is 33.5 Å². The molecule has 0 heterocycles. The number of amides is 1. The number of carbonyl (C=O) groups is 2. The van der Waals surface area contributed by atoms with E-state index in [9.17, 15) is 18.4 Å². The van der Waals surface area contributed by atoms with Gasteiger partial charge in [-0.15, -0.1) is 0 Å². The zero-order valence-electron chi connectivity index (χ0n) is 8.72. The van der Waals surface area contributed by atoms with Gasteiger partial charge in [0.25, 0.3) is 0 Å². The van der Waals surface area contributed by atoms with Crippen LogP contribution in [0.25, 0.3) is 0 Å². The van der Waals surface area contributed by atoms with Gasteiger partial charge in [0.05, 0.1) is 16.8 Å². The smallest absolute Gasteiger partial charge is 0.397 e. The molecule has 0 aliphatic heterocycles. The molecule has 0 bridgehead atoms. The van der Waals surface area contributed by atoms with Gasteiger partial charge in [-0.2, -0.15) is 0 Å². The molecule has 0 aliphatic rings. The topological polar surface area (TPSA) is 55.4 Å². The molecule has 4 nitrogen and oxygen atoms in total. The minimum atomic E-state index is -1.16. The second-order valence-corrected chi connectivity index (χ2v) is 3.78. The van der Waals surface area contributed by atoms with Crippen LogP contribution in [0.15, 0.2) is 16.6 Å². The summed E-state index contributed by atoms with van der Waals surface area (Å²) in [6.07, 6.45) is 0. The van der Waals surface area contributed by atoms with Gasteiger partial charge in [0.2, 0.25) is 0 Å². The Kier molecular flexibility index (Phi) is 4.56. The Balaban J connectivity index is 2.85. The fourth-order valence-electron chi connectivity index (χ4n) is 0.988. The van der Waals surface area contributed by atoms with Gasteiger partial charge in [-0.05, 0) is 28.9 Å². The monoisotopic (exact) mass is 307 g/mol. The average molecular weight is 308 g/mol. The zero-order chi connectivity index (χ0) is 13.0. The summed E-state index contributed by atoms with van der Waals surface area (Å²) >= 11 is 2.78. The van der Waals surface area contributed by atoms with E-state index in [1.54, 1.807) is 0 Å². The molecule has 0 spiro atoms. The molecule has 0 saturated carbocycles. The van der Waals surface area contributed by atoms with E-state index in [1.165, 1.54) is 6.92 Å². The highest BCUT2D eigenvalue weighted by Crippen LogP contribution is 2.23. The summed E-state index contributed by atoms with van der Waals surface area (Å²) in [7, 11) is 0. The maximum atomic E-state index is 13.3. The second-order valence-electron chi connectivity index (χ2n) is 2.92. The van der Waals surface area contributed by atoms with E-state index in [0.717, 1.165) is 12.1 Å². The molecule has 0 saturated heterocycles. The van der Waals surface area contributed by atoms with E-state index < -0.39 is 29.2 Å². The van der Waals surface area contributed by atoms with Crippen molar-refractivity contribution in [3.8, 4) is 0 Å². The molecular weight excluding hydrogens is 300 g/mol. The number of benzene rings is 1. The van der Waals surface area contributed by atoms with Gasteiger partial charge in [-0.1, -0.05) is 0 Å². The van der Waals surface area contributed by atoms with Crippen molar-refractivity contribution in [1.82, 2.24) is 0 Å². The van der Waals surface area contributed by atoms with Gasteiger partial charge in [-0.3, -0.25) is 4.79 Å². The predicted molar refractivity (Wildman–Crippen MR) is 59.3 cm³/mol. The van der Waals surface area contributed by atoms with Crippen LogP contribution >= 0.6 is 15.9 Å². The van der Waals surface area contributed by atoms with Gasteiger partial charge in [0.1, 0.15) is 11.6 Å². The lowest BCUT2D eigenvalue weighted by Crippen LogP contribution is -2.25. The molecule has 0 aromatic heterocycles. The lowest BCUT2D eigenvalue weighted by Gasteiger charge is -2.06. The van der Waals surface area contributed by atoms with Crippen molar-refractivity contribution in [2.24, 2.45) is 0 Å². The lowest BCUT2D eigenvalue weighted by molar-refractivity contribution is -0.152. The minimum absolute atomic E-state index is 0.0173. The highest BCUT2D eigenvalue weighted by molar-refractivity contribution is 9.10. The molecule has 0 unspecified atom stereocenters. The fourth-order valence-corrected chi connectivity index (χ4v) is 1.30. The van der Waals surface area contributed by atoms with Crippen LogP contribution in [0.4, 0.5) is 14.5 Å². The van der Waals surface area contributed by atoms with Crippen molar-refractivity contribution in [2.75, 3.05) is 11.9 Å². The van der Waals surface area contributed by atoms with Crippen LogP contribution in [0.3, 0.4) is 0 Å². The lowest BCUT2D eigenvalue weighted by atomic mass is 10.3. The Hall–Kier alpha value is -1.50. The maximum absolute atomic E-state index is 13.3. The summed E-state index contributed by atoms with van der Waals surface area (Å²) in [5, 5.41) is 1.91. The second kappa shape index (κ2) is 5.72. The average Bonchev–Trinajstić information content (AvgIpc) is 2.26. The molecular formula is C10H8BrF2NO3. The van der Waals surface area contributed by atoms with Gasteiger partial charge in [-0.25, -0.2) is 13.6 Å². The summed E-state index contributed by atoms with van der Waals surface area (Å²) < 4.78 is 30.7. The van der Waals surface area contributed by atoms with Gasteiger partial charge in [0.15, 0.2) is 0 Å². The first kappa shape index (κ1) is 13.6. The molecule has 0 atom stereocenters. The molecule has 92 valence electrons. The Morgan fingerprint density at radius 2 is 2.00 bits per heavy atom. The first-order valence-electron chi connectivity index (χ1n) is 4.58. The number of rotatable bonds is 2. The number of halogens is 3. The van der Waals surface area contributed by atoms with E-state index in [4.69, 9.17) is 0 Å². The van der Waals surface area contributed by atoms with Crippen LogP contribution < -0.4 is 5.32 Å². The largest absolute Gasteiger partial charge is 0.459 e. The fraction of sp³-hybridized carbons (Fsp3) is 0.200. The molecule has 17 heavy (non-hydrogen) atoms. The quantitative estimate of drug-likeness (QED) is 0.518.